The molecule has 0 unspecified atom stereocenters. The number of aromatic nitrogens is 2. The van der Waals surface area contributed by atoms with E-state index in [0.29, 0.717) is 0 Å². The minimum atomic E-state index is 0.724. The molecule has 1 aromatic carbocycles. The monoisotopic (exact) mass is 212 g/mol. The summed E-state index contributed by atoms with van der Waals surface area (Å²) in [4.78, 5) is 8.51. The summed E-state index contributed by atoms with van der Waals surface area (Å²) < 4.78 is 0. The first-order valence-electron chi connectivity index (χ1n) is 4.92. The number of benzene rings is 1. The van der Waals surface area contributed by atoms with Crippen molar-refractivity contribution in [3.05, 3.63) is 47.8 Å². The Bertz CT molecular complexity index is 485. The standard InChI is InChI=1S/C12H12N4/c1-9-6-14-12(15-7-9)11-4-2-10(3-5-11)8-16-13/h2-8H,13H2,1H3. The van der Waals surface area contributed by atoms with E-state index in [9.17, 15) is 0 Å². The van der Waals surface area contributed by atoms with Crippen molar-refractivity contribution in [3.8, 4) is 11.4 Å². The lowest BCUT2D eigenvalue weighted by molar-refractivity contribution is 1.14. The number of hydrazone groups is 1. The Hall–Kier alpha value is -2.23. The minimum absolute atomic E-state index is 0.724. The molecule has 2 N–H and O–H groups in total. The summed E-state index contributed by atoms with van der Waals surface area (Å²) in [6, 6.07) is 7.74. The van der Waals surface area contributed by atoms with Gasteiger partial charge in [0.25, 0.3) is 0 Å². The number of aryl methyl sites for hydroxylation is 1. The molecule has 0 bridgehead atoms. The van der Waals surface area contributed by atoms with E-state index in [1.807, 2.05) is 31.2 Å². The van der Waals surface area contributed by atoms with Crippen LogP contribution in [-0.2, 0) is 0 Å². The molecule has 0 spiro atoms. The first kappa shape index (κ1) is 10.3. The van der Waals surface area contributed by atoms with Crippen molar-refractivity contribution in [3.63, 3.8) is 0 Å². The zero-order valence-electron chi connectivity index (χ0n) is 8.96. The normalized spacial score (nSPS) is 10.8. The maximum atomic E-state index is 5.07. The average molecular weight is 212 g/mol. The van der Waals surface area contributed by atoms with Crippen LogP contribution in [0.4, 0.5) is 0 Å². The Morgan fingerprint density at radius 1 is 1.12 bits per heavy atom. The highest BCUT2D eigenvalue weighted by molar-refractivity contribution is 5.80. The van der Waals surface area contributed by atoms with Crippen LogP contribution in [0.2, 0.25) is 0 Å². The van der Waals surface area contributed by atoms with Crippen LogP contribution >= 0.6 is 0 Å². The largest absolute Gasteiger partial charge is 0.323 e. The lowest BCUT2D eigenvalue weighted by Crippen LogP contribution is -1.90. The summed E-state index contributed by atoms with van der Waals surface area (Å²) in [6.45, 7) is 1.96. The summed E-state index contributed by atoms with van der Waals surface area (Å²) >= 11 is 0. The van der Waals surface area contributed by atoms with Crippen LogP contribution < -0.4 is 5.84 Å². The number of rotatable bonds is 2. The van der Waals surface area contributed by atoms with E-state index in [4.69, 9.17) is 5.84 Å². The molecule has 80 valence electrons. The Labute approximate surface area is 93.9 Å². The van der Waals surface area contributed by atoms with E-state index in [-0.39, 0.29) is 0 Å². The van der Waals surface area contributed by atoms with E-state index in [2.05, 4.69) is 15.1 Å². The maximum absolute atomic E-state index is 5.07. The highest BCUT2D eigenvalue weighted by Gasteiger charge is 1.99. The lowest BCUT2D eigenvalue weighted by atomic mass is 10.1. The highest BCUT2D eigenvalue weighted by Crippen LogP contribution is 2.14. The molecule has 4 heteroatoms. The third-order valence-corrected chi connectivity index (χ3v) is 2.17. The second-order valence-electron chi connectivity index (χ2n) is 3.48. The molecule has 2 aromatic rings. The van der Waals surface area contributed by atoms with Gasteiger partial charge in [-0.25, -0.2) is 9.97 Å². The molecule has 1 heterocycles. The molecule has 1 aromatic heterocycles. The topological polar surface area (TPSA) is 64.2 Å². The molecule has 0 aliphatic heterocycles. The molecule has 0 saturated heterocycles. The predicted molar refractivity (Wildman–Crippen MR) is 64.0 cm³/mol. The second kappa shape index (κ2) is 4.53. The highest BCUT2D eigenvalue weighted by atomic mass is 15.1. The van der Waals surface area contributed by atoms with E-state index in [1.165, 1.54) is 0 Å². The van der Waals surface area contributed by atoms with Crippen LogP contribution in [-0.4, -0.2) is 16.2 Å². The SMILES string of the molecule is Cc1cnc(-c2ccc(C=NN)cc2)nc1. The van der Waals surface area contributed by atoms with Crippen molar-refractivity contribution in [2.75, 3.05) is 0 Å². The molecule has 0 saturated carbocycles. The van der Waals surface area contributed by atoms with Gasteiger partial charge in [-0.1, -0.05) is 24.3 Å². The third-order valence-electron chi connectivity index (χ3n) is 2.17. The van der Waals surface area contributed by atoms with Gasteiger partial charge in [-0.15, -0.1) is 0 Å². The summed E-state index contributed by atoms with van der Waals surface area (Å²) in [5.74, 6) is 5.80. The Balaban J connectivity index is 2.31. The zero-order chi connectivity index (χ0) is 11.4. The molecule has 16 heavy (non-hydrogen) atoms. The van der Waals surface area contributed by atoms with Crippen molar-refractivity contribution < 1.29 is 0 Å². The fourth-order valence-electron chi connectivity index (χ4n) is 1.35. The molecule has 0 radical (unpaired) electrons. The summed E-state index contributed by atoms with van der Waals surface area (Å²) in [7, 11) is 0. The maximum Gasteiger partial charge on any atom is 0.159 e. The van der Waals surface area contributed by atoms with E-state index < -0.39 is 0 Å². The lowest BCUT2D eigenvalue weighted by Gasteiger charge is -2.00. The van der Waals surface area contributed by atoms with Crippen molar-refractivity contribution in [1.29, 1.82) is 0 Å². The Morgan fingerprint density at radius 3 is 2.31 bits per heavy atom. The van der Waals surface area contributed by atoms with Gasteiger partial charge in [-0.3, -0.25) is 0 Å². The van der Waals surface area contributed by atoms with E-state index in [0.717, 1.165) is 22.5 Å². The van der Waals surface area contributed by atoms with Gasteiger partial charge < -0.3 is 5.84 Å². The third kappa shape index (κ3) is 2.23. The first-order valence-corrected chi connectivity index (χ1v) is 4.92. The molecule has 0 aliphatic carbocycles. The second-order valence-corrected chi connectivity index (χ2v) is 3.48. The van der Waals surface area contributed by atoms with E-state index >= 15 is 0 Å². The average Bonchev–Trinajstić information content (AvgIpc) is 2.32. The summed E-state index contributed by atoms with van der Waals surface area (Å²) in [6.07, 6.45) is 5.20. The van der Waals surface area contributed by atoms with Gasteiger partial charge in [0, 0.05) is 18.0 Å². The smallest absolute Gasteiger partial charge is 0.159 e. The van der Waals surface area contributed by atoms with Crippen LogP contribution in [0.25, 0.3) is 11.4 Å². The van der Waals surface area contributed by atoms with Gasteiger partial charge in [0.2, 0.25) is 0 Å². The molecule has 0 atom stereocenters. The molecular formula is C12H12N4. The number of hydrogen-bond donors (Lipinski definition) is 1. The van der Waals surface area contributed by atoms with E-state index in [1.54, 1.807) is 18.6 Å². The van der Waals surface area contributed by atoms with Crippen LogP contribution in [0.15, 0.2) is 41.8 Å². The van der Waals surface area contributed by atoms with Crippen molar-refractivity contribution in [1.82, 2.24) is 9.97 Å². The van der Waals surface area contributed by atoms with Crippen molar-refractivity contribution in [2.24, 2.45) is 10.9 Å². The van der Waals surface area contributed by atoms with Crippen LogP contribution in [0.3, 0.4) is 0 Å². The zero-order valence-corrected chi connectivity index (χ0v) is 8.96. The van der Waals surface area contributed by atoms with Gasteiger partial charge in [0.1, 0.15) is 0 Å². The number of hydrogen-bond acceptors (Lipinski definition) is 4. The Morgan fingerprint density at radius 2 is 1.75 bits per heavy atom. The van der Waals surface area contributed by atoms with Gasteiger partial charge in [0.15, 0.2) is 5.82 Å². The van der Waals surface area contributed by atoms with Gasteiger partial charge >= 0.3 is 0 Å². The number of nitrogens with zero attached hydrogens (tertiary/aromatic N) is 3. The molecule has 4 nitrogen and oxygen atoms in total. The van der Waals surface area contributed by atoms with Gasteiger partial charge in [-0.05, 0) is 18.1 Å². The summed E-state index contributed by atoms with van der Waals surface area (Å²) in [5, 5.41) is 3.46. The quantitative estimate of drug-likeness (QED) is 0.468. The van der Waals surface area contributed by atoms with Crippen LogP contribution in [0.5, 0.6) is 0 Å². The van der Waals surface area contributed by atoms with Crippen molar-refractivity contribution >= 4 is 6.21 Å². The molecule has 0 aliphatic rings. The Kier molecular flexibility index (Phi) is 2.91. The molecule has 0 fully saturated rings. The van der Waals surface area contributed by atoms with Crippen LogP contribution in [0, 0.1) is 6.92 Å². The minimum Gasteiger partial charge on any atom is -0.323 e. The molecule has 2 rings (SSSR count). The first-order chi connectivity index (χ1) is 7.79. The van der Waals surface area contributed by atoms with Crippen molar-refractivity contribution in [2.45, 2.75) is 6.92 Å². The fraction of sp³-hybridized carbons (Fsp3) is 0.0833. The van der Waals surface area contributed by atoms with Gasteiger partial charge in [-0.2, -0.15) is 5.10 Å². The molecule has 0 amide bonds. The molecular weight excluding hydrogens is 200 g/mol. The number of nitrogens with two attached hydrogens (primary N) is 1. The van der Waals surface area contributed by atoms with Crippen LogP contribution in [0.1, 0.15) is 11.1 Å². The fourth-order valence-corrected chi connectivity index (χ4v) is 1.35. The van der Waals surface area contributed by atoms with Gasteiger partial charge in [0.05, 0.1) is 6.21 Å². The summed E-state index contributed by atoms with van der Waals surface area (Å²) in [5.41, 5.74) is 2.99. The predicted octanol–water partition coefficient (Wildman–Crippen LogP) is 1.74.